The molecule has 3 aliphatic rings. The minimum Gasteiger partial charge on any atom is -0.354 e. The van der Waals surface area contributed by atoms with Gasteiger partial charge in [-0.2, -0.15) is 8.42 Å². The van der Waals surface area contributed by atoms with E-state index in [1.807, 2.05) is 0 Å². The van der Waals surface area contributed by atoms with Crippen LogP contribution in [0.2, 0.25) is 0 Å². The maximum atomic E-state index is 12.6. The van der Waals surface area contributed by atoms with E-state index in [0.717, 1.165) is 0 Å². The molecule has 2 N–H and O–H groups in total. The summed E-state index contributed by atoms with van der Waals surface area (Å²) in [4.78, 5) is 53.3. The van der Waals surface area contributed by atoms with Crippen LogP contribution < -0.4 is 5.32 Å². The van der Waals surface area contributed by atoms with Gasteiger partial charge in [0.2, 0.25) is 5.91 Å². The fraction of sp³-hybridized carbons (Fsp3) is 0.375. The van der Waals surface area contributed by atoms with Gasteiger partial charge in [-0.15, -0.1) is 5.06 Å². The maximum Gasteiger partial charge on any atom is 0.341 e. The lowest BCUT2D eigenvalue weighted by molar-refractivity contribution is -0.199. The summed E-state index contributed by atoms with van der Waals surface area (Å²) >= 11 is 0. The molecule has 11 heteroatoms. The van der Waals surface area contributed by atoms with E-state index in [1.165, 1.54) is 0 Å². The smallest absolute Gasteiger partial charge is 0.341 e. The maximum absolute atomic E-state index is 12.6. The predicted octanol–water partition coefficient (Wildman–Crippen LogP) is -0.521. The van der Waals surface area contributed by atoms with Gasteiger partial charge in [-0.25, -0.2) is 4.79 Å². The van der Waals surface area contributed by atoms with Gasteiger partial charge < -0.3 is 10.2 Å². The molecule has 1 aromatic rings. The highest BCUT2D eigenvalue weighted by molar-refractivity contribution is 7.85. The average Bonchev–Trinajstić information content (AvgIpc) is 2.92. The first-order chi connectivity index (χ1) is 12.7. The fourth-order valence-corrected chi connectivity index (χ4v) is 3.45. The van der Waals surface area contributed by atoms with Crippen molar-refractivity contribution in [3.63, 3.8) is 0 Å². The molecule has 0 saturated carbocycles. The number of fused-ring (bicyclic) bond motifs is 3. The van der Waals surface area contributed by atoms with Crippen LogP contribution in [0.3, 0.4) is 0 Å². The molecule has 2 unspecified atom stereocenters. The van der Waals surface area contributed by atoms with E-state index in [0.29, 0.717) is 16.2 Å². The van der Waals surface area contributed by atoms with Gasteiger partial charge in [0.1, 0.15) is 0 Å². The summed E-state index contributed by atoms with van der Waals surface area (Å²) in [7, 11) is -4.25. The predicted molar refractivity (Wildman–Crippen MR) is 88.5 cm³/mol. The first-order valence-electron chi connectivity index (χ1n) is 8.08. The van der Waals surface area contributed by atoms with Crippen LogP contribution in [0, 0.1) is 0 Å². The monoisotopic (exact) mass is 396 g/mol. The highest BCUT2D eigenvalue weighted by Crippen LogP contribution is 2.40. The molecule has 3 amide bonds. The number of hydrogen-bond acceptors (Lipinski definition) is 7. The molecule has 2 bridgehead atoms. The normalized spacial score (nSPS) is 21.4. The van der Waals surface area contributed by atoms with E-state index in [4.69, 9.17) is 9.39 Å². The fourth-order valence-electron chi connectivity index (χ4n) is 3.09. The molecule has 0 aromatic heterocycles. The number of imide groups is 1. The van der Waals surface area contributed by atoms with Crippen molar-refractivity contribution in [3.05, 3.63) is 35.4 Å². The van der Waals surface area contributed by atoms with Crippen LogP contribution in [0.15, 0.2) is 24.3 Å². The Morgan fingerprint density at radius 2 is 1.59 bits per heavy atom. The van der Waals surface area contributed by atoms with Crippen molar-refractivity contribution in [1.82, 2.24) is 10.4 Å². The van der Waals surface area contributed by atoms with Gasteiger partial charge in [-0.05, 0) is 11.1 Å². The second kappa shape index (κ2) is 7.08. The lowest BCUT2D eigenvalue weighted by Gasteiger charge is -2.30. The van der Waals surface area contributed by atoms with Crippen molar-refractivity contribution in [2.24, 2.45) is 0 Å². The molecule has 2 atom stereocenters. The Balaban J connectivity index is 1.76. The second-order valence-electron chi connectivity index (χ2n) is 6.19. The number of nitrogens with zero attached hydrogens (tertiary/aromatic N) is 1. The lowest BCUT2D eigenvalue weighted by atomic mass is 9.75. The van der Waals surface area contributed by atoms with E-state index < -0.39 is 51.4 Å². The van der Waals surface area contributed by atoms with Gasteiger partial charge in [-0.3, -0.25) is 18.9 Å². The molecule has 4 rings (SSSR count). The molecule has 10 nitrogen and oxygen atoms in total. The van der Waals surface area contributed by atoms with Crippen molar-refractivity contribution in [3.8, 4) is 0 Å². The van der Waals surface area contributed by atoms with Crippen LogP contribution in [-0.4, -0.2) is 54.0 Å². The molecule has 2 aliphatic carbocycles. The first-order valence-corrected chi connectivity index (χ1v) is 9.68. The number of hydroxylamine groups is 2. The van der Waals surface area contributed by atoms with Crippen molar-refractivity contribution < 1.29 is 37.0 Å². The summed E-state index contributed by atoms with van der Waals surface area (Å²) in [5.41, 5.74) is 0.958. The Bertz CT molecular complexity index is 893. The van der Waals surface area contributed by atoms with Gasteiger partial charge in [0.05, 0.1) is 17.6 Å². The van der Waals surface area contributed by atoms with Gasteiger partial charge >= 0.3 is 5.97 Å². The number of carbonyl (C=O) groups excluding carboxylic acids is 4. The molecule has 1 saturated heterocycles. The summed E-state index contributed by atoms with van der Waals surface area (Å²) in [5, 5.41) is 2.77. The van der Waals surface area contributed by atoms with Crippen LogP contribution in [-0.2, 0) is 34.1 Å². The molecule has 1 aromatic carbocycles. The third-order valence-electron chi connectivity index (χ3n) is 4.37. The largest absolute Gasteiger partial charge is 0.354 e. The molecule has 0 spiro atoms. The number of benzene rings is 1. The summed E-state index contributed by atoms with van der Waals surface area (Å²) in [6, 6.07) is 6.52. The lowest BCUT2D eigenvalue weighted by Crippen LogP contribution is -2.41. The molecule has 1 aliphatic heterocycles. The third kappa shape index (κ3) is 3.98. The molecule has 1 heterocycles. The minimum absolute atomic E-state index is 0.0515. The summed E-state index contributed by atoms with van der Waals surface area (Å²) in [6.07, 6.45) is -0.103. The molecular formula is C16H16N2O8S. The second-order valence-corrected chi connectivity index (χ2v) is 7.76. The summed E-state index contributed by atoms with van der Waals surface area (Å²) < 4.78 is 30.3. The van der Waals surface area contributed by atoms with Crippen LogP contribution in [0.25, 0.3) is 0 Å². The number of rotatable bonds is 6. The van der Waals surface area contributed by atoms with E-state index in [9.17, 15) is 27.6 Å². The van der Waals surface area contributed by atoms with Gasteiger partial charge in [0.25, 0.3) is 21.9 Å². The summed E-state index contributed by atoms with van der Waals surface area (Å²) in [5.74, 6) is -5.59. The standard InChI is InChI=1S/C16H16N2O8S/c19-11-5-6-12(20)18(11)26-16(22)14-10-3-1-9(2-4-10)13(14)15(21)17-7-8-27(23,24)25/h1-4,13-14H,5-8H2,(H,17,21)(H,23,24,25). The average molecular weight is 396 g/mol. The van der Waals surface area contributed by atoms with Crippen molar-refractivity contribution in [1.29, 1.82) is 0 Å². The van der Waals surface area contributed by atoms with Crippen LogP contribution in [0.4, 0.5) is 0 Å². The molecular weight excluding hydrogens is 380 g/mol. The summed E-state index contributed by atoms with van der Waals surface area (Å²) in [6.45, 7) is -0.338. The number of hydrogen-bond donors (Lipinski definition) is 2. The van der Waals surface area contributed by atoms with Gasteiger partial charge in [0.15, 0.2) is 0 Å². The van der Waals surface area contributed by atoms with Crippen LogP contribution in [0.5, 0.6) is 0 Å². The van der Waals surface area contributed by atoms with E-state index in [-0.39, 0.29) is 19.4 Å². The number of nitrogens with one attached hydrogen (secondary N) is 1. The van der Waals surface area contributed by atoms with E-state index >= 15 is 0 Å². The Morgan fingerprint density at radius 3 is 2.11 bits per heavy atom. The Labute approximate surface area is 154 Å². The van der Waals surface area contributed by atoms with Crippen LogP contribution >= 0.6 is 0 Å². The number of amides is 3. The molecule has 144 valence electrons. The van der Waals surface area contributed by atoms with Crippen molar-refractivity contribution >= 4 is 33.8 Å². The van der Waals surface area contributed by atoms with Crippen LogP contribution in [0.1, 0.15) is 35.8 Å². The molecule has 1 fully saturated rings. The van der Waals surface area contributed by atoms with Gasteiger partial charge in [-0.1, -0.05) is 24.3 Å². The first kappa shape index (κ1) is 19.0. The Morgan fingerprint density at radius 1 is 1.07 bits per heavy atom. The van der Waals surface area contributed by atoms with Crippen molar-refractivity contribution in [2.75, 3.05) is 12.3 Å². The zero-order valence-corrected chi connectivity index (χ0v) is 14.8. The zero-order chi connectivity index (χ0) is 19.8. The van der Waals surface area contributed by atoms with E-state index in [1.54, 1.807) is 24.3 Å². The topological polar surface area (TPSA) is 147 Å². The van der Waals surface area contributed by atoms with E-state index in [2.05, 4.69) is 5.32 Å². The minimum atomic E-state index is -4.25. The Kier molecular flexibility index (Phi) is 4.98. The Hall–Kier alpha value is -2.79. The highest BCUT2D eigenvalue weighted by atomic mass is 32.2. The van der Waals surface area contributed by atoms with Crippen molar-refractivity contribution in [2.45, 2.75) is 24.7 Å². The highest BCUT2D eigenvalue weighted by Gasteiger charge is 2.43. The SMILES string of the molecule is O=C(NCCS(=O)(=O)O)C1c2ccc(cc2)C1C(=O)ON1C(=O)CCC1=O. The molecule has 0 radical (unpaired) electrons. The van der Waals surface area contributed by atoms with Gasteiger partial charge in [0, 0.05) is 19.4 Å². The third-order valence-corrected chi connectivity index (χ3v) is 5.09. The molecule has 27 heavy (non-hydrogen) atoms. The zero-order valence-electron chi connectivity index (χ0n) is 14.0. The quantitative estimate of drug-likeness (QED) is 0.482. The number of carbonyl (C=O) groups is 4.